The molecule has 7 heteroatoms. The Balaban J connectivity index is 1.80. The number of nitrogens with two attached hydrogens (primary N) is 1. The van der Waals surface area contributed by atoms with Crippen molar-refractivity contribution in [1.82, 2.24) is 4.90 Å². The van der Waals surface area contributed by atoms with Crippen molar-refractivity contribution in [3.05, 3.63) is 24.3 Å². The van der Waals surface area contributed by atoms with Crippen LogP contribution in [0.2, 0.25) is 0 Å². The van der Waals surface area contributed by atoms with Gasteiger partial charge in [0, 0.05) is 25.4 Å². The first kappa shape index (κ1) is 15.8. The minimum Gasteiger partial charge on any atom is -0.493 e. The van der Waals surface area contributed by atoms with Crippen molar-refractivity contribution in [1.29, 1.82) is 0 Å². The number of hydrogen-bond acceptors (Lipinski definition) is 5. The van der Waals surface area contributed by atoms with Gasteiger partial charge in [0.15, 0.2) is 9.84 Å². The molecule has 1 heterocycles. The molecule has 6 nitrogen and oxygen atoms in total. The second kappa shape index (κ2) is 6.44. The standard InChI is InChI=1S/C14H20N2O4S/c1-21(18,19)13-4-2-12(3-5-13)20-9-7-14(17)16-8-6-11(15)10-16/h2-5,11H,6-10,15H2,1H3/t11-/m1/s1. The molecule has 116 valence electrons. The number of carbonyl (C=O) groups is 1. The third-order valence-electron chi connectivity index (χ3n) is 3.41. The van der Waals surface area contributed by atoms with E-state index in [-0.39, 0.29) is 23.5 Å². The van der Waals surface area contributed by atoms with E-state index in [1.165, 1.54) is 12.1 Å². The monoisotopic (exact) mass is 312 g/mol. The Bertz CT molecular complexity index is 598. The van der Waals surface area contributed by atoms with E-state index in [1.807, 2.05) is 0 Å². The molecule has 0 radical (unpaired) electrons. The minimum atomic E-state index is -3.20. The van der Waals surface area contributed by atoms with Crippen molar-refractivity contribution in [2.75, 3.05) is 26.0 Å². The van der Waals surface area contributed by atoms with Crippen molar-refractivity contribution in [2.45, 2.75) is 23.8 Å². The lowest BCUT2D eigenvalue weighted by atomic mass is 10.3. The first-order valence-corrected chi connectivity index (χ1v) is 8.71. The Morgan fingerprint density at radius 3 is 2.57 bits per heavy atom. The number of ether oxygens (including phenoxy) is 1. The lowest BCUT2D eigenvalue weighted by molar-refractivity contribution is -0.130. The summed E-state index contributed by atoms with van der Waals surface area (Å²) in [6.07, 6.45) is 2.29. The van der Waals surface area contributed by atoms with E-state index in [1.54, 1.807) is 17.0 Å². The Kier molecular flexibility index (Phi) is 4.84. The lowest BCUT2D eigenvalue weighted by Gasteiger charge is -2.15. The maximum atomic E-state index is 11.9. The van der Waals surface area contributed by atoms with Gasteiger partial charge in [-0.15, -0.1) is 0 Å². The molecule has 0 aromatic heterocycles. The van der Waals surface area contributed by atoms with Gasteiger partial charge in [0.1, 0.15) is 5.75 Å². The van der Waals surface area contributed by atoms with Crippen molar-refractivity contribution in [3.63, 3.8) is 0 Å². The van der Waals surface area contributed by atoms with E-state index >= 15 is 0 Å². The van der Waals surface area contributed by atoms with Gasteiger partial charge in [-0.05, 0) is 30.7 Å². The molecule has 1 aromatic carbocycles. The molecular formula is C14H20N2O4S. The summed E-state index contributed by atoms with van der Waals surface area (Å²) < 4.78 is 28.1. The zero-order chi connectivity index (χ0) is 15.5. The number of amides is 1. The molecule has 2 rings (SSSR count). The summed E-state index contributed by atoms with van der Waals surface area (Å²) in [5, 5.41) is 0. The van der Waals surface area contributed by atoms with Crippen LogP contribution in [-0.4, -0.2) is 51.2 Å². The van der Waals surface area contributed by atoms with Crippen LogP contribution in [0.15, 0.2) is 29.2 Å². The SMILES string of the molecule is CS(=O)(=O)c1ccc(OCCC(=O)N2CC[C@@H](N)C2)cc1. The Hall–Kier alpha value is -1.60. The Labute approximate surface area is 124 Å². The zero-order valence-electron chi connectivity index (χ0n) is 12.0. The second-order valence-electron chi connectivity index (χ2n) is 5.23. The third-order valence-corrected chi connectivity index (χ3v) is 4.54. The molecule has 1 aliphatic rings. The van der Waals surface area contributed by atoms with Gasteiger partial charge < -0.3 is 15.4 Å². The van der Waals surface area contributed by atoms with Crippen molar-refractivity contribution in [2.24, 2.45) is 5.73 Å². The average molecular weight is 312 g/mol. The molecule has 1 aromatic rings. The number of nitrogens with zero attached hydrogens (tertiary/aromatic N) is 1. The molecule has 1 amide bonds. The van der Waals surface area contributed by atoms with Crippen LogP contribution in [0.25, 0.3) is 0 Å². The molecule has 0 spiro atoms. The number of hydrogen-bond donors (Lipinski definition) is 1. The normalized spacial score (nSPS) is 18.8. The van der Waals surface area contributed by atoms with E-state index in [9.17, 15) is 13.2 Å². The maximum absolute atomic E-state index is 11.9. The topological polar surface area (TPSA) is 89.7 Å². The summed E-state index contributed by atoms with van der Waals surface area (Å²) in [6.45, 7) is 1.59. The molecule has 1 saturated heterocycles. The van der Waals surface area contributed by atoms with E-state index < -0.39 is 9.84 Å². The van der Waals surface area contributed by atoms with Crippen LogP contribution in [0.4, 0.5) is 0 Å². The summed E-state index contributed by atoms with van der Waals surface area (Å²) in [5.74, 6) is 0.587. The van der Waals surface area contributed by atoms with Crippen LogP contribution >= 0.6 is 0 Å². The van der Waals surface area contributed by atoms with E-state index in [4.69, 9.17) is 10.5 Å². The van der Waals surface area contributed by atoms with Gasteiger partial charge in [-0.1, -0.05) is 0 Å². The molecule has 0 aliphatic carbocycles. The molecule has 2 N–H and O–H groups in total. The zero-order valence-corrected chi connectivity index (χ0v) is 12.8. The van der Waals surface area contributed by atoms with Gasteiger partial charge in [0.2, 0.25) is 5.91 Å². The first-order valence-electron chi connectivity index (χ1n) is 6.82. The summed E-state index contributed by atoms with van der Waals surface area (Å²) in [6, 6.07) is 6.25. The van der Waals surface area contributed by atoms with Crippen molar-refractivity contribution in [3.8, 4) is 5.75 Å². The van der Waals surface area contributed by atoms with Crippen LogP contribution in [0.5, 0.6) is 5.75 Å². The number of benzene rings is 1. The van der Waals surface area contributed by atoms with Crippen LogP contribution < -0.4 is 10.5 Å². The summed E-state index contributed by atoms with van der Waals surface area (Å²) in [4.78, 5) is 13.9. The highest BCUT2D eigenvalue weighted by atomic mass is 32.2. The number of rotatable bonds is 5. The summed E-state index contributed by atoms with van der Waals surface area (Å²) in [5.41, 5.74) is 5.76. The third kappa shape index (κ3) is 4.44. The smallest absolute Gasteiger partial charge is 0.226 e. The summed E-state index contributed by atoms with van der Waals surface area (Å²) in [7, 11) is -3.20. The fourth-order valence-corrected chi connectivity index (χ4v) is 2.84. The highest BCUT2D eigenvalue weighted by Crippen LogP contribution is 2.16. The Morgan fingerprint density at radius 2 is 2.05 bits per heavy atom. The van der Waals surface area contributed by atoms with Gasteiger partial charge >= 0.3 is 0 Å². The largest absolute Gasteiger partial charge is 0.493 e. The number of sulfone groups is 1. The molecule has 1 aliphatic heterocycles. The minimum absolute atomic E-state index is 0.0377. The highest BCUT2D eigenvalue weighted by molar-refractivity contribution is 7.90. The van der Waals surface area contributed by atoms with Crippen LogP contribution in [0, 0.1) is 0 Å². The van der Waals surface area contributed by atoms with Crippen LogP contribution in [-0.2, 0) is 14.6 Å². The predicted molar refractivity (Wildman–Crippen MR) is 78.8 cm³/mol. The van der Waals surface area contributed by atoms with Gasteiger partial charge in [-0.25, -0.2) is 8.42 Å². The highest BCUT2D eigenvalue weighted by Gasteiger charge is 2.23. The van der Waals surface area contributed by atoms with E-state index in [0.29, 0.717) is 25.3 Å². The quantitative estimate of drug-likeness (QED) is 0.851. The van der Waals surface area contributed by atoms with Crippen molar-refractivity contribution >= 4 is 15.7 Å². The van der Waals surface area contributed by atoms with Gasteiger partial charge in [0.05, 0.1) is 17.9 Å². The maximum Gasteiger partial charge on any atom is 0.226 e. The van der Waals surface area contributed by atoms with Gasteiger partial charge in [-0.3, -0.25) is 4.79 Å². The number of carbonyl (C=O) groups excluding carboxylic acids is 1. The first-order chi connectivity index (χ1) is 9.86. The average Bonchev–Trinajstić information content (AvgIpc) is 2.85. The fourth-order valence-electron chi connectivity index (χ4n) is 2.21. The van der Waals surface area contributed by atoms with E-state index in [2.05, 4.69) is 0 Å². The molecule has 0 unspecified atom stereocenters. The van der Waals surface area contributed by atoms with Crippen molar-refractivity contribution < 1.29 is 17.9 Å². The van der Waals surface area contributed by atoms with Gasteiger partial charge in [0.25, 0.3) is 0 Å². The molecule has 1 atom stereocenters. The van der Waals surface area contributed by atoms with Gasteiger partial charge in [-0.2, -0.15) is 0 Å². The fraction of sp³-hybridized carbons (Fsp3) is 0.500. The number of likely N-dealkylation sites (tertiary alicyclic amines) is 1. The molecule has 1 fully saturated rings. The lowest BCUT2D eigenvalue weighted by Crippen LogP contribution is -2.32. The molecule has 21 heavy (non-hydrogen) atoms. The molecular weight excluding hydrogens is 292 g/mol. The van der Waals surface area contributed by atoms with E-state index in [0.717, 1.165) is 12.7 Å². The van der Waals surface area contributed by atoms with Crippen LogP contribution in [0.1, 0.15) is 12.8 Å². The Morgan fingerprint density at radius 1 is 1.38 bits per heavy atom. The summed E-state index contributed by atoms with van der Waals surface area (Å²) >= 11 is 0. The molecule has 0 saturated carbocycles. The predicted octanol–water partition coefficient (Wildman–Crippen LogP) is 0.419. The van der Waals surface area contributed by atoms with Crippen LogP contribution in [0.3, 0.4) is 0 Å². The molecule has 0 bridgehead atoms. The second-order valence-corrected chi connectivity index (χ2v) is 7.25.